The van der Waals surface area contributed by atoms with Crippen molar-refractivity contribution in [1.82, 2.24) is 9.78 Å². The molecule has 16 heavy (non-hydrogen) atoms. The summed E-state index contributed by atoms with van der Waals surface area (Å²) in [6.45, 7) is 3.16. The molecule has 1 heterocycles. The van der Waals surface area contributed by atoms with Gasteiger partial charge in [-0.3, -0.25) is 4.68 Å². The highest BCUT2D eigenvalue weighted by molar-refractivity contribution is 5.24. The van der Waals surface area contributed by atoms with E-state index in [-0.39, 0.29) is 11.6 Å². The number of hydrogen-bond donors (Lipinski definition) is 0. The number of aromatic nitrogens is 2. The Morgan fingerprint density at radius 3 is 2.88 bits per heavy atom. The van der Waals surface area contributed by atoms with Gasteiger partial charge in [-0.2, -0.15) is 5.10 Å². The van der Waals surface area contributed by atoms with Gasteiger partial charge in [-0.05, 0) is 19.1 Å². The van der Waals surface area contributed by atoms with Crippen molar-refractivity contribution in [2.45, 2.75) is 20.1 Å². The maximum Gasteiger partial charge on any atom is 0.165 e. The van der Waals surface area contributed by atoms with E-state index in [9.17, 15) is 4.39 Å². The molecule has 2 rings (SSSR count). The summed E-state index contributed by atoms with van der Waals surface area (Å²) in [5.74, 6) is -0.0721. The highest BCUT2D eigenvalue weighted by Gasteiger charge is 2.03. The number of aryl methyl sites for hydroxylation is 1. The lowest BCUT2D eigenvalue weighted by Crippen LogP contribution is -1.96. The summed E-state index contributed by atoms with van der Waals surface area (Å²) in [5, 5.41) is 4.11. The molecule has 0 N–H and O–H groups in total. The molecule has 0 aliphatic rings. The lowest BCUT2D eigenvalue weighted by Gasteiger charge is -2.04. The van der Waals surface area contributed by atoms with E-state index in [0.29, 0.717) is 6.61 Å². The topological polar surface area (TPSA) is 27.1 Å². The Labute approximate surface area is 93.5 Å². The largest absolute Gasteiger partial charge is 0.486 e. The minimum Gasteiger partial charge on any atom is -0.486 e. The summed E-state index contributed by atoms with van der Waals surface area (Å²) in [6.07, 6.45) is 3.62. The standard InChI is InChI=1S/C12H13FN2O/c1-2-15-8-10(7-14-15)9-16-12-6-4-3-5-11(12)13/h3-8H,2,9H2,1H3. The van der Waals surface area contributed by atoms with Crippen LogP contribution in [-0.2, 0) is 13.2 Å². The summed E-state index contributed by atoms with van der Waals surface area (Å²) < 4.78 is 20.4. The van der Waals surface area contributed by atoms with Gasteiger partial charge >= 0.3 is 0 Å². The fourth-order valence-electron chi connectivity index (χ4n) is 1.38. The Hall–Kier alpha value is -1.84. The van der Waals surface area contributed by atoms with Crippen molar-refractivity contribution in [1.29, 1.82) is 0 Å². The third-order valence-electron chi connectivity index (χ3n) is 2.24. The molecule has 0 saturated heterocycles. The van der Waals surface area contributed by atoms with Crippen LogP contribution in [0.4, 0.5) is 4.39 Å². The molecular formula is C12H13FN2O. The molecule has 0 saturated carbocycles. The van der Waals surface area contributed by atoms with Gasteiger partial charge in [0.05, 0.1) is 6.20 Å². The second-order valence-corrected chi connectivity index (χ2v) is 3.42. The molecule has 0 radical (unpaired) electrons. The van der Waals surface area contributed by atoms with Crippen LogP contribution in [0, 0.1) is 5.82 Å². The maximum absolute atomic E-state index is 13.2. The number of rotatable bonds is 4. The highest BCUT2D eigenvalue weighted by atomic mass is 19.1. The van der Waals surface area contributed by atoms with Crippen molar-refractivity contribution < 1.29 is 9.13 Å². The minimum atomic E-state index is -0.342. The molecular weight excluding hydrogens is 207 g/mol. The first-order valence-corrected chi connectivity index (χ1v) is 5.18. The fourth-order valence-corrected chi connectivity index (χ4v) is 1.38. The van der Waals surface area contributed by atoms with E-state index < -0.39 is 0 Å². The third kappa shape index (κ3) is 2.39. The van der Waals surface area contributed by atoms with Gasteiger partial charge in [0.25, 0.3) is 0 Å². The predicted octanol–water partition coefficient (Wildman–Crippen LogP) is 2.62. The fraction of sp³-hybridized carbons (Fsp3) is 0.250. The molecule has 3 nitrogen and oxygen atoms in total. The van der Waals surface area contributed by atoms with Gasteiger partial charge in [0, 0.05) is 18.3 Å². The smallest absolute Gasteiger partial charge is 0.165 e. The van der Waals surface area contributed by atoms with Crippen LogP contribution in [0.2, 0.25) is 0 Å². The van der Waals surface area contributed by atoms with E-state index in [1.54, 1.807) is 29.1 Å². The van der Waals surface area contributed by atoms with E-state index in [2.05, 4.69) is 5.10 Å². The molecule has 0 bridgehead atoms. The first-order valence-electron chi connectivity index (χ1n) is 5.18. The van der Waals surface area contributed by atoms with E-state index in [0.717, 1.165) is 12.1 Å². The average Bonchev–Trinajstić information content (AvgIpc) is 2.76. The third-order valence-corrected chi connectivity index (χ3v) is 2.24. The molecule has 4 heteroatoms. The minimum absolute atomic E-state index is 0.270. The molecule has 1 aromatic heterocycles. The van der Waals surface area contributed by atoms with Crippen LogP contribution in [0.15, 0.2) is 36.7 Å². The van der Waals surface area contributed by atoms with Crippen LogP contribution < -0.4 is 4.74 Å². The molecule has 0 fully saturated rings. The zero-order valence-corrected chi connectivity index (χ0v) is 9.06. The summed E-state index contributed by atoms with van der Waals surface area (Å²) >= 11 is 0. The van der Waals surface area contributed by atoms with Crippen molar-refractivity contribution in [3.63, 3.8) is 0 Å². The monoisotopic (exact) mass is 220 g/mol. The molecule has 0 unspecified atom stereocenters. The van der Waals surface area contributed by atoms with Crippen molar-refractivity contribution in [3.05, 3.63) is 48.0 Å². The molecule has 0 aliphatic heterocycles. The highest BCUT2D eigenvalue weighted by Crippen LogP contribution is 2.16. The van der Waals surface area contributed by atoms with Gasteiger partial charge < -0.3 is 4.74 Å². The number of ether oxygens (including phenoxy) is 1. The zero-order chi connectivity index (χ0) is 11.4. The van der Waals surface area contributed by atoms with E-state index in [4.69, 9.17) is 4.74 Å². The van der Waals surface area contributed by atoms with E-state index >= 15 is 0 Å². The van der Waals surface area contributed by atoms with Crippen LogP contribution in [-0.4, -0.2) is 9.78 Å². The van der Waals surface area contributed by atoms with Crippen LogP contribution >= 0.6 is 0 Å². The second kappa shape index (κ2) is 4.79. The normalized spacial score (nSPS) is 10.4. The first-order chi connectivity index (χ1) is 7.79. The number of benzene rings is 1. The number of halogens is 1. The Bertz CT molecular complexity index is 468. The molecule has 84 valence electrons. The molecule has 0 atom stereocenters. The zero-order valence-electron chi connectivity index (χ0n) is 9.06. The van der Waals surface area contributed by atoms with Gasteiger partial charge in [-0.15, -0.1) is 0 Å². The average molecular weight is 220 g/mol. The molecule has 2 aromatic rings. The number of para-hydroxylation sites is 1. The van der Waals surface area contributed by atoms with Crippen LogP contribution in [0.1, 0.15) is 12.5 Å². The van der Waals surface area contributed by atoms with Gasteiger partial charge in [0.2, 0.25) is 0 Å². The lowest BCUT2D eigenvalue weighted by molar-refractivity contribution is 0.290. The second-order valence-electron chi connectivity index (χ2n) is 3.42. The molecule has 1 aromatic carbocycles. The first kappa shape index (κ1) is 10.7. The van der Waals surface area contributed by atoms with E-state index in [1.807, 2.05) is 13.1 Å². The maximum atomic E-state index is 13.2. The Kier molecular flexibility index (Phi) is 3.19. The Morgan fingerprint density at radius 2 is 2.19 bits per heavy atom. The molecule has 0 amide bonds. The SMILES string of the molecule is CCn1cc(COc2ccccc2F)cn1. The van der Waals surface area contributed by atoms with Crippen LogP contribution in [0.5, 0.6) is 5.75 Å². The summed E-state index contributed by atoms with van der Waals surface area (Å²) in [6, 6.07) is 6.37. The summed E-state index contributed by atoms with van der Waals surface area (Å²) in [4.78, 5) is 0. The molecule has 0 aliphatic carbocycles. The van der Waals surface area contributed by atoms with Gasteiger partial charge in [0.15, 0.2) is 11.6 Å². The summed E-state index contributed by atoms with van der Waals surface area (Å²) in [7, 11) is 0. The Balaban J connectivity index is 1.99. The molecule has 0 spiro atoms. The van der Waals surface area contributed by atoms with Crippen LogP contribution in [0.3, 0.4) is 0 Å². The van der Waals surface area contributed by atoms with Crippen molar-refractivity contribution in [2.75, 3.05) is 0 Å². The van der Waals surface area contributed by atoms with Crippen molar-refractivity contribution in [2.24, 2.45) is 0 Å². The quantitative estimate of drug-likeness (QED) is 0.792. The van der Waals surface area contributed by atoms with E-state index in [1.165, 1.54) is 6.07 Å². The van der Waals surface area contributed by atoms with Crippen molar-refractivity contribution >= 4 is 0 Å². The van der Waals surface area contributed by atoms with Gasteiger partial charge in [0.1, 0.15) is 6.61 Å². The summed E-state index contributed by atoms with van der Waals surface area (Å²) in [5.41, 5.74) is 0.935. The number of hydrogen-bond acceptors (Lipinski definition) is 2. The predicted molar refractivity (Wildman–Crippen MR) is 58.6 cm³/mol. The number of nitrogens with zero attached hydrogens (tertiary/aromatic N) is 2. The lowest BCUT2D eigenvalue weighted by atomic mass is 10.3. The Morgan fingerprint density at radius 1 is 1.38 bits per heavy atom. The van der Waals surface area contributed by atoms with Gasteiger partial charge in [-0.1, -0.05) is 12.1 Å². The van der Waals surface area contributed by atoms with Crippen molar-refractivity contribution in [3.8, 4) is 5.75 Å². The van der Waals surface area contributed by atoms with Crippen LogP contribution in [0.25, 0.3) is 0 Å². The van der Waals surface area contributed by atoms with Gasteiger partial charge in [-0.25, -0.2) is 4.39 Å².